The summed E-state index contributed by atoms with van der Waals surface area (Å²) in [4.78, 5) is 0.211. The Kier molecular flexibility index (Phi) is 4.90. The van der Waals surface area contributed by atoms with Crippen molar-refractivity contribution in [3.8, 4) is 0 Å². The first-order valence-corrected chi connectivity index (χ1v) is 9.81. The van der Waals surface area contributed by atoms with E-state index in [4.69, 9.17) is 5.14 Å². The number of nitrogens with one attached hydrogen (secondary N) is 1. The molecule has 0 fully saturated rings. The van der Waals surface area contributed by atoms with Gasteiger partial charge in [-0.25, -0.2) is 26.7 Å². The first kappa shape index (κ1) is 17.6. The van der Waals surface area contributed by atoms with Crippen LogP contribution in [0.3, 0.4) is 0 Å². The summed E-state index contributed by atoms with van der Waals surface area (Å²) < 4.78 is 49.5. The largest absolute Gasteiger partial charge is 0.241 e. The monoisotopic (exact) mass is 354 g/mol. The predicted octanol–water partition coefficient (Wildman–Crippen LogP) is 1.43. The zero-order valence-corrected chi connectivity index (χ0v) is 14.4. The lowest BCUT2D eigenvalue weighted by Gasteiger charge is -2.10. The predicted molar refractivity (Wildman–Crippen MR) is 87.8 cm³/mol. The van der Waals surface area contributed by atoms with Gasteiger partial charge in [0.25, 0.3) is 0 Å². The van der Waals surface area contributed by atoms with Crippen LogP contribution in [-0.4, -0.2) is 16.8 Å². The highest BCUT2D eigenvalue weighted by Crippen LogP contribution is 2.17. The van der Waals surface area contributed by atoms with Crippen molar-refractivity contribution < 1.29 is 16.8 Å². The molecule has 0 saturated heterocycles. The second-order valence-electron chi connectivity index (χ2n) is 5.28. The van der Waals surface area contributed by atoms with Crippen molar-refractivity contribution in [2.45, 2.75) is 30.2 Å². The van der Waals surface area contributed by atoms with Crippen LogP contribution in [0.15, 0.2) is 52.3 Å². The van der Waals surface area contributed by atoms with E-state index in [0.29, 0.717) is 11.1 Å². The second kappa shape index (κ2) is 6.40. The number of primary sulfonamides is 1. The second-order valence-corrected chi connectivity index (χ2v) is 8.58. The average molecular weight is 354 g/mol. The Balaban J connectivity index is 2.16. The fourth-order valence-corrected chi connectivity index (χ4v) is 3.91. The van der Waals surface area contributed by atoms with Gasteiger partial charge < -0.3 is 0 Å². The van der Waals surface area contributed by atoms with Crippen molar-refractivity contribution in [3.63, 3.8) is 0 Å². The smallest absolute Gasteiger partial charge is 0.225 e. The Labute approximate surface area is 136 Å². The summed E-state index contributed by atoms with van der Waals surface area (Å²) in [7, 11) is -7.39. The number of sulfonamides is 2. The fourth-order valence-electron chi connectivity index (χ4n) is 2.15. The fraction of sp³-hybridized carbons (Fsp3) is 0.200. The van der Waals surface area contributed by atoms with Crippen molar-refractivity contribution >= 4 is 20.0 Å². The molecule has 2 rings (SSSR count). The molecule has 124 valence electrons. The molecule has 0 spiro atoms. The van der Waals surface area contributed by atoms with E-state index in [1.54, 1.807) is 25.1 Å². The molecule has 6 nitrogen and oxygen atoms in total. The molecule has 0 unspecified atom stereocenters. The molecule has 0 aromatic heterocycles. The van der Waals surface area contributed by atoms with E-state index in [9.17, 15) is 16.8 Å². The first-order valence-electron chi connectivity index (χ1n) is 6.78. The minimum absolute atomic E-state index is 0.0153. The van der Waals surface area contributed by atoms with Crippen LogP contribution in [-0.2, 0) is 26.6 Å². The average Bonchev–Trinajstić information content (AvgIpc) is 2.44. The SMILES string of the molecule is Cc1ccc(S(=O)(=O)NCc2ccc(S(N)(=O)=O)cc2)c(C)c1. The Morgan fingerprint density at radius 1 is 0.957 bits per heavy atom. The van der Waals surface area contributed by atoms with Gasteiger partial charge in [-0.05, 0) is 43.2 Å². The number of benzene rings is 2. The van der Waals surface area contributed by atoms with Gasteiger partial charge in [0.05, 0.1) is 9.79 Å². The van der Waals surface area contributed by atoms with Crippen LogP contribution in [0.25, 0.3) is 0 Å². The topological polar surface area (TPSA) is 106 Å². The molecule has 2 aromatic rings. The molecule has 3 N–H and O–H groups in total. The summed E-state index contributed by atoms with van der Waals surface area (Å²) in [5, 5.41) is 5.02. The molecule has 0 aliphatic carbocycles. The zero-order chi connectivity index (χ0) is 17.3. The van der Waals surface area contributed by atoms with Crippen LogP contribution in [0, 0.1) is 13.8 Å². The summed E-state index contributed by atoms with van der Waals surface area (Å²) in [6, 6.07) is 10.8. The minimum Gasteiger partial charge on any atom is -0.225 e. The van der Waals surface area contributed by atoms with E-state index in [-0.39, 0.29) is 16.3 Å². The lowest BCUT2D eigenvalue weighted by molar-refractivity contribution is 0.580. The molecule has 0 saturated carbocycles. The van der Waals surface area contributed by atoms with E-state index in [1.165, 1.54) is 24.3 Å². The van der Waals surface area contributed by atoms with Crippen molar-refractivity contribution in [1.29, 1.82) is 0 Å². The summed E-state index contributed by atoms with van der Waals surface area (Å²) in [6.07, 6.45) is 0. The van der Waals surface area contributed by atoms with Gasteiger partial charge in [-0.3, -0.25) is 0 Å². The maximum absolute atomic E-state index is 12.3. The normalized spacial score (nSPS) is 12.3. The summed E-state index contributed by atoms with van der Waals surface area (Å²) in [5.41, 5.74) is 2.29. The maximum Gasteiger partial charge on any atom is 0.241 e. The molecule has 0 radical (unpaired) electrons. The summed E-state index contributed by atoms with van der Waals surface area (Å²) >= 11 is 0. The standard InChI is InChI=1S/C15H18N2O4S2/c1-11-3-8-15(12(2)9-11)23(20,21)17-10-13-4-6-14(7-5-13)22(16,18)19/h3-9,17H,10H2,1-2H3,(H2,16,18,19). The number of hydrogen-bond donors (Lipinski definition) is 2. The third-order valence-electron chi connectivity index (χ3n) is 3.34. The molecule has 0 aliphatic heterocycles. The maximum atomic E-state index is 12.3. The molecule has 0 bridgehead atoms. The molecule has 0 heterocycles. The lowest BCUT2D eigenvalue weighted by atomic mass is 10.2. The van der Waals surface area contributed by atoms with E-state index in [1.807, 2.05) is 6.92 Å². The van der Waals surface area contributed by atoms with Crippen LogP contribution in [0.5, 0.6) is 0 Å². The van der Waals surface area contributed by atoms with Crippen molar-refractivity contribution in [3.05, 3.63) is 59.2 Å². The van der Waals surface area contributed by atoms with Crippen molar-refractivity contribution in [2.75, 3.05) is 0 Å². The van der Waals surface area contributed by atoms with Crippen molar-refractivity contribution in [1.82, 2.24) is 4.72 Å². The summed E-state index contributed by atoms with van der Waals surface area (Å²) in [6.45, 7) is 3.69. The molecular formula is C15H18N2O4S2. The molecule has 0 aliphatic rings. The third-order valence-corrected chi connectivity index (χ3v) is 5.83. The van der Waals surface area contributed by atoms with Crippen LogP contribution in [0.1, 0.15) is 16.7 Å². The van der Waals surface area contributed by atoms with Crippen LogP contribution < -0.4 is 9.86 Å². The van der Waals surface area contributed by atoms with Crippen LogP contribution in [0.2, 0.25) is 0 Å². The Hall–Kier alpha value is -1.74. The summed E-state index contributed by atoms with van der Waals surface area (Å²) in [5.74, 6) is 0. The lowest BCUT2D eigenvalue weighted by Crippen LogP contribution is -2.24. The molecule has 2 aromatic carbocycles. The van der Waals surface area contributed by atoms with E-state index < -0.39 is 20.0 Å². The van der Waals surface area contributed by atoms with Gasteiger partial charge >= 0.3 is 0 Å². The molecular weight excluding hydrogens is 336 g/mol. The van der Waals surface area contributed by atoms with Gasteiger partial charge in [0.1, 0.15) is 0 Å². The number of hydrogen-bond acceptors (Lipinski definition) is 4. The van der Waals surface area contributed by atoms with Crippen molar-refractivity contribution in [2.24, 2.45) is 5.14 Å². The highest BCUT2D eigenvalue weighted by molar-refractivity contribution is 7.89. The van der Waals surface area contributed by atoms with E-state index >= 15 is 0 Å². The molecule has 8 heteroatoms. The highest BCUT2D eigenvalue weighted by Gasteiger charge is 2.16. The Morgan fingerprint density at radius 2 is 1.57 bits per heavy atom. The number of nitrogens with two attached hydrogens (primary N) is 1. The van der Waals surface area contributed by atoms with E-state index in [0.717, 1.165) is 5.56 Å². The van der Waals surface area contributed by atoms with Gasteiger partial charge in [0, 0.05) is 6.54 Å². The molecule has 0 atom stereocenters. The van der Waals surface area contributed by atoms with Gasteiger partial charge in [-0.15, -0.1) is 0 Å². The molecule has 23 heavy (non-hydrogen) atoms. The zero-order valence-electron chi connectivity index (χ0n) is 12.8. The Bertz CT molecular complexity index is 918. The third kappa shape index (κ3) is 4.38. The number of aryl methyl sites for hydroxylation is 2. The van der Waals surface area contributed by atoms with Crippen LogP contribution in [0.4, 0.5) is 0 Å². The first-order chi connectivity index (χ1) is 10.6. The van der Waals surface area contributed by atoms with Gasteiger partial charge in [-0.2, -0.15) is 0 Å². The van der Waals surface area contributed by atoms with Gasteiger partial charge in [-0.1, -0.05) is 29.8 Å². The van der Waals surface area contributed by atoms with E-state index in [2.05, 4.69) is 4.72 Å². The minimum atomic E-state index is -3.75. The highest BCUT2D eigenvalue weighted by atomic mass is 32.2. The number of rotatable bonds is 5. The Morgan fingerprint density at radius 3 is 2.09 bits per heavy atom. The quantitative estimate of drug-likeness (QED) is 0.847. The molecule has 0 amide bonds. The van der Waals surface area contributed by atoms with Gasteiger partial charge in [0.15, 0.2) is 0 Å². The van der Waals surface area contributed by atoms with Gasteiger partial charge in [0.2, 0.25) is 20.0 Å². The van der Waals surface area contributed by atoms with Crippen LogP contribution >= 0.6 is 0 Å².